The van der Waals surface area contributed by atoms with Crippen molar-refractivity contribution >= 4 is 24.9 Å². The number of hydrogen-bond acceptors (Lipinski definition) is 4. The first kappa shape index (κ1) is 18.2. The van der Waals surface area contributed by atoms with Crippen molar-refractivity contribution in [2.75, 3.05) is 20.2 Å². The van der Waals surface area contributed by atoms with E-state index in [2.05, 4.69) is 19.6 Å². The quantitative estimate of drug-likeness (QED) is 0.458. The molecule has 0 saturated carbocycles. The third kappa shape index (κ3) is 3.46. The predicted molar refractivity (Wildman–Crippen MR) is 89.9 cm³/mol. The number of carbonyl (C=O) groups excluding carboxylic acids is 1. The number of hydrogen-bond donors (Lipinski definition) is 0. The average molecular weight is 324 g/mol. The molecule has 0 spiro atoms. The van der Waals surface area contributed by atoms with E-state index in [4.69, 9.17) is 4.74 Å². The van der Waals surface area contributed by atoms with Gasteiger partial charge in [-0.3, -0.25) is 14.9 Å². The van der Waals surface area contributed by atoms with Crippen LogP contribution in [0.3, 0.4) is 0 Å². The molecule has 0 heterocycles. The number of amides is 1. The summed E-state index contributed by atoms with van der Waals surface area (Å²) in [5, 5.41) is 12.1. The van der Waals surface area contributed by atoms with E-state index in [0.29, 0.717) is 18.7 Å². The highest BCUT2D eigenvalue weighted by molar-refractivity contribution is 6.89. The fourth-order valence-corrected chi connectivity index (χ4v) is 3.98. The second kappa shape index (κ2) is 6.91. The van der Waals surface area contributed by atoms with Gasteiger partial charge in [-0.25, -0.2) is 0 Å². The number of nitrogens with zero attached hydrogens (tertiary/aromatic N) is 2. The molecule has 122 valence electrons. The normalized spacial score (nSPS) is 11.2. The maximum absolute atomic E-state index is 12.9. The van der Waals surface area contributed by atoms with E-state index in [0.717, 1.165) is 5.19 Å². The van der Waals surface area contributed by atoms with Gasteiger partial charge in [0.1, 0.15) is 0 Å². The molecule has 0 aromatic heterocycles. The summed E-state index contributed by atoms with van der Waals surface area (Å²) in [4.78, 5) is 25.3. The van der Waals surface area contributed by atoms with Gasteiger partial charge in [0.15, 0.2) is 0 Å². The maximum atomic E-state index is 12.9. The second-order valence-electron chi connectivity index (χ2n) is 6.03. The van der Waals surface area contributed by atoms with Gasteiger partial charge in [0, 0.05) is 19.2 Å². The standard InChI is InChI=1S/C15H24N2O4Si/c1-7-16(8-2)15(18)13-12(22(4,5)6)10-9-11(17(19)20)14(13)21-3/h9-10H,7-8H2,1-6H3. The summed E-state index contributed by atoms with van der Waals surface area (Å²) in [5.74, 6) is -0.134. The van der Waals surface area contributed by atoms with Crippen molar-refractivity contribution in [3.8, 4) is 5.75 Å². The van der Waals surface area contributed by atoms with Gasteiger partial charge < -0.3 is 9.64 Å². The lowest BCUT2D eigenvalue weighted by molar-refractivity contribution is -0.385. The molecule has 7 heteroatoms. The first-order chi connectivity index (χ1) is 10.2. The molecule has 0 saturated heterocycles. The molecule has 0 atom stereocenters. The fraction of sp³-hybridized carbons (Fsp3) is 0.533. The number of carbonyl (C=O) groups is 1. The number of ether oxygens (including phenoxy) is 1. The van der Waals surface area contributed by atoms with Crippen molar-refractivity contribution in [1.82, 2.24) is 4.90 Å². The smallest absolute Gasteiger partial charge is 0.311 e. The summed E-state index contributed by atoms with van der Waals surface area (Å²) < 4.78 is 5.27. The lowest BCUT2D eigenvalue weighted by atomic mass is 10.1. The molecule has 0 unspecified atom stereocenters. The minimum atomic E-state index is -1.87. The molecule has 0 fully saturated rings. The molecule has 1 aromatic carbocycles. The number of nitro benzene ring substituents is 1. The molecule has 1 rings (SSSR count). The van der Waals surface area contributed by atoms with Crippen LogP contribution in [0.15, 0.2) is 12.1 Å². The highest BCUT2D eigenvalue weighted by Crippen LogP contribution is 2.31. The van der Waals surface area contributed by atoms with E-state index in [1.54, 1.807) is 11.0 Å². The van der Waals surface area contributed by atoms with Crippen LogP contribution in [0.25, 0.3) is 0 Å². The molecule has 6 nitrogen and oxygen atoms in total. The van der Waals surface area contributed by atoms with E-state index in [-0.39, 0.29) is 17.3 Å². The van der Waals surface area contributed by atoms with Crippen LogP contribution in [-0.2, 0) is 0 Å². The predicted octanol–water partition coefficient (Wildman–Crippen LogP) is 2.63. The van der Waals surface area contributed by atoms with Crippen LogP contribution in [0.4, 0.5) is 5.69 Å². The monoisotopic (exact) mass is 324 g/mol. The number of nitro groups is 1. The van der Waals surface area contributed by atoms with Crippen molar-refractivity contribution in [1.29, 1.82) is 0 Å². The van der Waals surface area contributed by atoms with Crippen LogP contribution in [0.2, 0.25) is 19.6 Å². The number of rotatable bonds is 6. The van der Waals surface area contributed by atoms with E-state index >= 15 is 0 Å². The first-order valence-electron chi connectivity index (χ1n) is 7.34. The minimum Gasteiger partial charge on any atom is -0.490 e. The van der Waals surface area contributed by atoms with Crippen LogP contribution in [0.5, 0.6) is 5.75 Å². The molecule has 22 heavy (non-hydrogen) atoms. The summed E-state index contributed by atoms with van der Waals surface area (Å²) >= 11 is 0. The minimum absolute atomic E-state index is 0.0711. The van der Waals surface area contributed by atoms with Crippen LogP contribution in [0.1, 0.15) is 24.2 Å². The molecule has 1 amide bonds. The Labute approximate surface area is 132 Å². The Kier molecular flexibility index (Phi) is 5.70. The zero-order valence-electron chi connectivity index (χ0n) is 14.1. The van der Waals surface area contributed by atoms with Gasteiger partial charge in [-0.05, 0) is 19.0 Å². The molecule has 0 aliphatic carbocycles. The van der Waals surface area contributed by atoms with E-state index in [1.165, 1.54) is 13.2 Å². The van der Waals surface area contributed by atoms with Crippen molar-refractivity contribution in [3.63, 3.8) is 0 Å². The highest BCUT2D eigenvalue weighted by atomic mass is 28.3. The molecular formula is C15H24N2O4Si. The molecule has 0 N–H and O–H groups in total. The van der Waals surface area contributed by atoms with Crippen molar-refractivity contribution in [2.24, 2.45) is 0 Å². The largest absolute Gasteiger partial charge is 0.490 e. The van der Waals surface area contributed by atoms with Crippen molar-refractivity contribution in [2.45, 2.75) is 33.5 Å². The Balaban J connectivity index is 3.71. The summed E-state index contributed by atoms with van der Waals surface area (Å²) in [6.07, 6.45) is 0. The molecule has 0 aliphatic rings. The van der Waals surface area contributed by atoms with Gasteiger partial charge in [0.25, 0.3) is 5.91 Å². The molecule has 0 radical (unpaired) electrons. The van der Waals surface area contributed by atoms with Gasteiger partial charge in [-0.1, -0.05) is 25.7 Å². The van der Waals surface area contributed by atoms with E-state index in [1.807, 2.05) is 13.8 Å². The molecule has 1 aromatic rings. The van der Waals surface area contributed by atoms with Crippen LogP contribution in [0, 0.1) is 10.1 Å². The molecular weight excluding hydrogens is 300 g/mol. The SMILES string of the molecule is CCN(CC)C(=O)c1c([Si](C)(C)C)ccc([N+](=O)[O-])c1OC. The Hall–Kier alpha value is -1.89. The van der Waals surface area contributed by atoms with Crippen LogP contribution in [-0.4, -0.2) is 44.0 Å². The molecule has 0 bridgehead atoms. The van der Waals surface area contributed by atoms with Gasteiger partial charge in [0.2, 0.25) is 5.75 Å². The Morgan fingerprint density at radius 2 is 1.82 bits per heavy atom. The lowest BCUT2D eigenvalue weighted by Gasteiger charge is -2.26. The summed E-state index contributed by atoms with van der Waals surface area (Å²) in [6.45, 7) is 11.2. The van der Waals surface area contributed by atoms with E-state index < -0.39 is 13.0 Å². The Morgan fingerprint density at radius 3 is 2.18 bits per heavy atom. The lowest BCUT2D eigenvalue weighted by Crippen LogP contribution is -2.44. The molecule has 0 aliphatic heterocycles. The second-order valence-corrected chi connectivity index (χ2v) is 11.1. The number of benzene rings is 1. The van der Waals surface area contributed by atoms with Gasteiger partial charge in [-0.2, -0.15) is 0 Å². The number of methoxy groups -OCH3 is 1. The van der Waals surface area contributed by atoms with E-state index in [9.17, 15) is 14.9 Å². The Morgan fingerprint density at radius 1 is 1.27 bits per heavy atom. The summed E-state index contributed by atoms with van der Waals surface area (Å²) in [5.41, 5.74) is 0.180. The third-order valence-electron chi connectivity index (χ3n) is 3.61. The Bertz CT molecular complexity index is 578. The zero-order chi connectivity index (χ0) is 17.1. The third-order valence-corrected chi connectivity index (χ3v) is 5.64. The topological polar surface area (TPSA) is 72.7 Å². The first-order valence-corrected chi connectivity index (χ1v) is 10.8. The summed E-state index contributed by atoms with van der Waals surface area (Å²) in [7, 11) is -0.497. The van der Waals surface area contributed by atoms with Gasteiger partial charge >= 0.3 is 5.69 Å². The highest BCUT2D eigenvalue weighted by Gasteiger charge is 2.33. The zero-order valence-corrected chi connectivity index (χ0v) is 15.1. The fourth-order valence-electron chi connectivity index (χ4n) is 2.43. The maximum Gasteiger partial charge on any atom is 0.311 e. The van der Waals surface area contributed by atoms with Crippen molar-refractivity contribution < 1.29 is 14.5 Å². The van der Waals surface area contributed by atoms with Crippen LogP contribution >= 0.6 is 0 Å². The van der Waals surface area contributed by atoms with Gasteiger partial charge in [0.05, 0.1) is 25.7 Å². The summed E-state index contributed by atoms with van der Waals surface area (Å²) in [6, 6.07) is 3.15. The van der Waals surface area contributed by atoms with Crippen LogP contribution < -0.4 is 9.92 Å². The van der Waals surface area contributed by atoms with Gasteiger partial charge in [-0.15, -0.1) is 0 Å². The average Bonchev–Trinajstić information content (AvgIpc) is 2.45. The van der Waals surface area contributed by atoms with Crippen molar-refractivity contribution in [3.05, 3.63) is 27.8 Å².